The van der Waals surface area contributed by atoms with Crippen LogP contribution in [0.15, 0.2) is 12.1 Å². The molecule has 0 atom stereocenters. The quantitative estimate of drug-likeness (QED) is 0.754. The average Bonchev–Trinajstić information content (AvgIpc) is 2.41. The Morgan fingerprint density at radius 1 is 1.00 bits per heavy atom. The van der Waals surface area contributed by atoms with Crippen molar-refractivity contribution in [3.8, 4) is 11.5 Å². The van der Waals surface area contributed by atoms with Gasteiger partial charge in [0.05, 0.1) is 18.7 Å². The normalized spacial score (nSPS) is 10.8. The van der Waals surface area contributed by atoms with Crippen molar-refractivity contribution in [1.82, 2.24) is 9.97 Å². The summed E-state index contributed by atoms with van der Waals surface area (Å²) in [4.78, 5) is 8.86. The van der Waals surface area contributed by atoms with Crippen LogP contribution in [0.2, 0.25) is 5.15 Å². The number of rotatable bonds is 6. The van der Waals surface area contributed by atoms with Gasteiger partial charge in [-0.3, -0.25) is 0 Å². The van der Waals surface area contributed by atoms with Gasteiger partial charge in [0.25, 0.3) is 0 Å². The first kappa shape index (κ1) is 14.9. The molecule has 4 nitrogen and oxygen atoms in total. The maximum atomic E-state index is 6.25. The van der Waals surface area contributed by atoms with Crippen molar-refractivity contribution in [3.05, 3.63) is 23.1 Å². The summed E-state index contributed by atoms with van der Waals surface area (Å²) in [6, 6.07) is 3.72. The summed E-state index contributed by atoms with van der Waals surface area (Å²) in [5.74, 6) is 2.13. The van der Waals surface area contributed by atoms with Crippen molar-refractivity contribution >= 4 is 22.5 Å². The van der Waals surface area contributed by atoms with Gasteiger partial charge in [-0.1, -0.05) is 18.5 Å². The summed E-state index contributed by atoms with van der Waals surface area (Å²) in [5.41, 5.74) is 0.792. The lowest BCUT2D eigenvalue weighted by atomic mass is 10.2. The molecule has 0 aliphatic heterocycles. The van der Waals surface area contributed by atoms with Crippen molar-refractivity contribution < 1.29 is 9.47 Å². The van der Waals surface area contributed by atoms with Crippen molar-refractivity contribution in [3.63, 3.8) is 0 Å². The Bertz CT molecular complexity index is 602. The SMILES string of the molecule is CCCc1nc(Cl)c2cc(OCC)c(OCC)cc2n1. The lowest BCUT2D eigenvalue weighted by Crippen LogP contribution is -2.01. The highest BCUT2D eigenvalue weighted by Crippen LogP contribution is 2.34. The van der Waals surface area contributed by atoms with Gasteiger partial charge in [0.15, 0.2) is 11.5 Å². The van der Waals surface area contributed by atoms with E-state index in [4.69, 9.17) is 21.1 Å². The Balaban J connectivity index is 2.57. The number of nitrogens with zero attached hydrogens (tertiary/aromatic N) is 2. The van der Waals surface area contributed by atoms with Crippen molar-refractivity contribution in [2.75, 3.05) is 13.2 Å². The summed E-state index contributed by atoms with van der Waals surface area (Å²) in [5, 5.41) is 1.25. The van der Waals surface area contributed by atoms with E-state index in [1.807, 2.05) is 26.0 Å². The number of hydrogen-bond donors (Lipinski definition) is 0. The lowest BCUT2D eigenvalue weighted by molar-refractivity contribution is 0.288. The van der Waals surface area contributed by atoms with E-state index in [1.165, 1.54) is 0 Å². The lowest BCUT2D eigenvalue weighted by Gasteiger charge is -2.12. The van der Waals surface area contributed by atoms with Crippen LogP contribution < -0.4 is 9.47 Å². The molecule has 0 saturated heterocycles. The van der Waals surface area contributed by atoms with E-state index in [-0.39, 0.29) is 0 Å². The Hall–Kier alpha value is -1.55. The van der Waals surface area contributed by atoms with Crippen molar-refractivity contribution in [2.45, 2.75) is 33.6 Å². The van der Waals surface area contributed by atoms with E-state index in [9.17, 15) is 0 Å². The van der Waals surface area contributed by atoms with E-state index in [0.29, 0.717) is 29.9 Å². The van der Waals surface area contributed by atoms with Gasteiger partial charge >= 0.3 is 0 Å². The Morgan fingerprint density at radius 3 is 2.25 bits per heavy atom. The third-order valence-electron chi connectivity index (χ3n) is 2.83. The van der Waals surface area contributed by atoms with Gasteiger partial charge in [-0.25, -0.2) is 9.97 Å². The molecule has 1 aromatic heterocycles. The summed E-state index contributed by atoms with van der Waals surface area (Å²) in [6.07, 6.45) is 1.80. The fourth-order valence-electron chi connectivity index (χ4n) is 2.02. The second kappa shape index (κ2) is 6.75. The Labute approximate surface area is 124 Å². The number of aromatic nitrogens is 2. The van der Waals surface area contributed by atoms with Gasteiger partial charge in [0.1, 0.15) is 11.0 Å². The molecule has 0 fully saturated rings. The van der Waals surface area contributed by atoms with Crippen molar-refractivity contribution in [2.24, 2.45) is 0 Å². The van der Waals surface area contributed by atoms with Gasteiger partial charge in [0.2, 0.25) is 0 Å². The number of hydrogen-bond acceptors (Lipinski definition) is 4. The monoisotopic (exact) mass is 294 g/mol. The zero-order chi connectivity index (χ0) is 14.5. The number of aryl methyl sites for hydroxylation is 1. The second-order valence-corrected chi connectivity index (χ2v) is 4.72. The van der Waals surface area contributed by atoms with Crippen LogP contribution in [0.5, 0.6) is 11.5 Å². The zero-order valence-electron chi connectivity index (χ0n) is 12.1. The van der Waals surface area contributed by atoms with Gasteiger partial charge in [-0.15, -0.1) is 0 Å². The topological polar surface area (TPSA) is 44.2 Å². The van der Waals surface area contributed by atoms with E-state index < -0.39 is 0 Å². The largest absolute Gasteiger partial charge is 0.490 e. The maximum absolute atomic E-state index is 6.25. The molecule has 0 N–H and O–H groups in total. The maximum Gasteiger partial charge on any atom is 0.163 e. The first-order valence-corrected chi connectivity index (χ1v) is 7.33. The molecule has 0 aliphatic rings. The molecular weight excluding hydrogens is 276 g/mol. The molecule has 0 radical (unpaired) electrons. The highest BCUT2D eigenvalue weighted by Gasteiger charge is 2.12. The van der Waals surface area contributed by atoms with Crippen LogP contribution in [-0.4, -0.2) is 23.2 Å². The van der Waals surface area contributed by atoms with Gasteiger partial charge < -0.3 is 9.47 Å². The molecule has 1 aromatic carbocycles. The summed E-state index contributed by atoms with van der Waals surface area (Å²) in [6.45, 7) is 7.10. The smallest absolute Gasteiger partial charge is 0.163 e. The van der Waals surface area contributed by atoms with Gasteiger partial charge in [-0.05, 0) is 26.3 Å². The minimum atomic E-state index is 0.461. The minimum absolute atomic E-state index is 0.461. The number of benzene rings is 1. The van der Waals surface area contributed by atoms with Crippen LogP contribution in [-0.2, 0) is 6.42 Å². The van der Waals surface area contributed by atoms with Crippen LogP contribution in [0.4, 0.5) is 0 Å². The molecule has 2 rings (SSSR count). The Kier molecular flexibility index (Phi) is 5.01. The van der Waals surface area contributed by atoms with Gasteiger partial charge in [0, 0.05) is 17.9 Å². The zero-order valence-corrected chi connectivity index (χ0v) is 12.8. The Morgan fingerprint density at radius 2 is 1.65 bits per heavy atom. The molecule has 0 bridgehead atoms. The van der Waals surface area contributed by atoms with E-state index in [0.717, 1.165) is 29.6 Å². The fourth-order valence-corrected chi connectivity index (χ4v) is 2.27. The standard InChI is InChI=1S/C15H19ClN2O2/c1-4-7-14-17-11-9-13(20-6-3)12(19-5-2)8-10(11)15(16)18-14/h8-9H,4-7H2,1-3H3. The van der Waals surface area contributed by atoms with Gasteiger partial charge in [-0.2, -0.15) is 0 Å². The summed E-state index contributed by atoms with van der Waals surface area (Å²) >= 11 is 6.25. The molecule has 0 saturated carbocycles. The van der Waals surface area contributed by atoms with Crippen LogP contribution in [0.1, 0.15) is 33.0 Å². The number of fused-ring (bicyclic) bond motifs is 1. The highest BCUT2D eigenvalue weighted by molar-refractivity contribution is 6.34. The van der Waals surface area contributed by atoms with E-state index in [1.54, 1.807) is 0 Å². The van der Waals surface area contributed by atoms with Crippen LogP contribution in [0.25, 0.3) is 10.9 Å². The van der Waals surface area contributed by atoms with Crippen LogP contribution >= 0.6 is 11.6 Å². The third-order valence-corrected chi connectivity index (χ3v) is 3.12. The molecule has 1 heterocycles. The number of halogens is 1. The predicted molar refractivity (Wildman–Crippen MR) is 80.9 cm³/mol. The van der Waals surface area contributed by atoms with E-state index in [2.05, 4.69) is 16.9 Å². The van der Waals surface area contributed by atoms with Crippen LogP contribution in [0, 0.1) is 0 Å². The first-order chi connectivity index (χ1) is 9.69. The molecule has 0 spiro atoms. The predicted octanol–water partition coefficient (Wildman–Crippen LogP) is 4.03. The third kappa shape index (κ3) is 3.12. The molecule has 0 aliphatic carbocycles. The number of ether oxygens (including phenoxy) is 2. The molecular formula is C15H19ClN2O2. The first-order valence-electron chi connectivity index (χ1n) is 6.95. The second-order valence-electron chi connectivity index (χ2n) is 4.36. The molecule has 20 heavy (non-hydrogen) atoms. The molecule has 108 valence electrons. The summed E-state index contributed by atoms with van der Waals surface area (Å²) < 4.78 is 11.2. The average molecular weight is 295 g/mol. The minimum Gasteiger partial charge on any atom is -0.490 e. The molecule has 5 heteroatoms. The highest BCUT2D eigenvalue weighted by atomic mass is 35.5. The molecule has 0 unspecified atom stereocenters. The van der Waals surface area contributed by atoms with Crippen molar-refractivity contribution in [1.29, 1.82) is 0 Å². The van der Waals surface area contributed by atoms with E-state index >= 15 is 0 Å². The fraction of sp³-hybridized carbons (Fsp3) is 0.467. The summed E-state index contributed by atoms with van der Waals surface area (Å²) in [7, 11) is 0. The molecule has 0 amide bonds. The van der Waals surface area contributed by atoms with Crippen LogP contribution in [0.3, 0.4) is 0 Å². The molecule has 2 aromatic rings.